The molecule has 0 fully saturated rings. The van der Waals surface area contributed by atoms with Crippen molar-refractivity contribution >= 4 is 11.6 Å². The Morgan fingerprint density at radius 3 is 2.20 bits per heavy atom. The van der Waals surface area contributed by atoms with Gasteiger partial charge in [-0.1, -0.05) is 42.0 Å². The maximum Gasteiger partial charge on any atom is 0.0474 e. The first-order chi connectivity index (χ1) is 9.60. The Bertz CT molecular complexity index is 567. The number of benzene rings is 2. The van der Waals surface area contributed by atoms with Crippen molar-refractivity contribution in [3.63, 3.8) is 0 Å². The van der Waals surface area contributed by atoms with E-state index in [-0.39, 0.29) is 0 Å². The fourth-order valence-corrected chi connectivity index (χ4v) is 2.81. The van der Waals surface area contributed by atoms with Crippen LogP contribution in [-0.2, 0) is 19.0 Å². The van der Waals surface area contributed by atoms with Gasteiger partial charge < -0.3 is 5.32 Å². The van der Waals surface area contributed by atoms with E-state index in [0.29, 0.717) is 5.88 Å². The Balaban J connectivity index is 1.99. The number of aryl methyl sites for hydroxylation is 3. The molecular weight excluding hydrogens is 266 g/mol. The second-order valence-electron chi connectivity index (χ2n) is 5.43. The molecule has 0 atom stereocenters. The van der Waals surface area contributed by atoms with E-state index in [2.05, 4.69) is 62.5 Å². The largest absolute Gasteiger partial charge is 0.309 e. The fraction of sp³-hybridized carbons (Fsp3) is 0.333. The molecule has 2 heteroatoms. The molecule has 2 rings (SSSR count). The molecule has 0 aromatic heterocycles. The number of halogens is 1. The summed E-state index contributed by atoms with van der Waals surface area (Å²) in [6.07, 6.45) is 0. The quantitative estimate of drug-likeness (QED) is 0.790. The van der Waals surface area contributed by atoms with Crippen molar-refractivity contribution in [3.05, 3.63) is 69.8 Å². The molecule has 0 saturated heterocycles. The van der Waals surface area contributed by atoms with Gasteiger partial charge in [0.25, 0.3) is 0 Å². The molecule has 0 amide bonds. The van der Waals surface area contributed by atoms with Crippen LogP contribution in [0.1, 0.15) is 33.4 Å². The van der Waals surface area contributed by atoms with E-state index >= 15 is 0 Å². The topological polar surface area (TPSA) is 12.0 Å². The molecule has 0 spiro atoms. The Labute approximate surface area is 127 Å². The predicted molar refractivity (Wildman–Crippen MR) is 87.2 cm³/mol. The van der Waals surface area contributed by atoms with Crippen LogP contribution in [0.15, 0.2) is 36.4 Å². The van der Waals surface area contributed by atoms with Crippen LogP contribution in [0.5, 0.6) is 0 Å². The third kappa shape index (κ3) is 3.84. The summed E-state index contributed by atoms with van der Waals surface area (Å²) in [5, 5.41) is 3.53. The predicted octanol–water partition coefficient (Wildman–Crippen LogP) is 4.64. The van der Waals surface area contributed by atoms with E-state index in [1.807, 2.05) is 0 Å². The second kappa shape index (κ2) is 6.92. The molecule has 1 N–H and O–H groups in total. The summed E-state index contributed by atoms with van der Waals surface area (Å²) in [7, 11) is 0. The van der Waals surface area contributed by atoms with E-state index in [4.69, 9.17) is 11.6 Å². The molecule has 0 heterocycles. The summed E-state index contributed by atoms with van der Waals surface area (Å²) in [5.41, 5.74) is 7.93. The minimum atomic E-state index is 0.573. The fourth-order valence-electron chi connectivity index (χ4n) is 2.64. The van der Waals surface area contributed by atoms with Crippen LogP contribution in [0.25, 0.3) is 0 Å². The van der Waals surface area contributed by atoms with E-state index in [0.717, 1.165) is 13.1 Å². The average molecular weight is 288 g/mol. The first-order valence-electron chi connectivity index (χ1n) is 7.01. The molecule has 0 radical (unpaired) electrons. The Morgan fingerprint density at radius 2 is 1.55 bits per heavy atom. The Kier molecular flexibility index (Phi) is 5.22. The highest BCUT2D eigenvalue weighted by atomic mass is 35.5. The first-order valence-corrected chi connectivity index (χ1v) is 7.55. The van der Waals surface area contributed by atoms with Gasteiger partial charge in [0.1, 0.15) is 0 Å². The van der Waals surface area contributed by atoms with Gasteiger partial charge in [0.2, 0.25) is 0 Å². The first kappa shape index (κ1) is 15.1. The zero-order valence-corrected chi connectivity index (χ0v) is 13.2. The van der Waals surface area contributed by atoms with Crippen LogP contribution in [0.4, 0.5) is 0 Å². The molecule has 0 aliphatic heterocycles. The summed E-state index contributed by atoms with van der Waals surface area (Å²) in [4.78, 5) is 0. The Hall–Kier alpha value is -1.31. The highest BCUT2D eigenvalue weighted by Crippen LogP contribution is 2.16. The molecule has 20 heavy (non-hydrogen) atoms. The van der Waals surface area contributed by atoms with Gasteiger partial charge >= 0.3 is 0 Å². The molecule has 0 bridgehead atoms. The van der Waals surface area contributed by atoms with Gasteiger partial charge in [-0.05, 0) is 48.6 Å². The number of hydrogen-bond donors (Lipinski definition) is 1. The van der Waals surface area contributed by atoms with Crippen molar-refractivity contribution in [1.29, 1.82) is 0 Å². The zero-order valence-electron chi connectivity index (χ0n) is 12.5. The summed E-state index contributed by atoms with van der Waals surface area (Å²) >= 11 is 5.86. The van der Waals surface area contributed by atoms with Crippen LogP contribution in [0, 0.1) is 20.8 Å². The summed E-state index contributed by atoms with van der Waals surface area (Å²) in [6.45, 7) is 8.30. The molecule has 2 aromatic carbocycles. The van der Waals surface area contributed by atoms with Crippen LogP contribution < -0.4 is 5.32 Å². The van der Waals surface area contributed by atoms with Crippen LogP contribution in [0.3, 0.4) is 0 Å². The van der Waals surface area contributed by atoms with Gasteiger partial charge in [0.15, 0.2) is 0 Å². The zero-order chi connectivity index (χ0) is 14.5. The molecule has 2 aromatic rings. The summed E-state index contributed by atoms with van der Waals surface area (Å²) in [6, 6.07) is 12.9. The van der Waals surface area contributed by atoms with Gasteiger partial charge in [-0.2, -0.15) is 0 Å². The van der Waals surface area contributed by atoms with Gasteiger partial charge in [0, 0.05) is 19.0 Å². The highest BCUT2D eigenvalue weighted by molar-refractivity contribution is 6.17. The van der Waals surface area contributed by atoms with Crippen molar-refractivity contribution in [2.45, 2.75) is 39.7 Å². The van der Waals surface area contributed by atoms with Crippen molar-refractivity contribution in [1.82, 2.24) is 5.32 Å². The number of nitrogens with one attached hydrogen (secondary N) is 1. The SMILES string of the molecule is Cc1cc(C)c(CNCc2cccc(CCl)c2)c(C)c1. The van der Waals surface area contributed by atoms with Gasteiger partial charge in [-0.3, -0.25) is 0 Å². The molecule has 0 aliphatic rings. The lowest BCUT2D eigenvalue weighted by molar-refractivity contribution is 0.687. The number of alkyl halides is 1. The monoisotopic (exact) mass is 287 g/mol. The normalized spacial score (nSPS) is 10.8. The van der Waals surface area contributed by atoms with Gasteiger partial charge in [-0.25, -0.2) is 0 Å². The van der Waals surface area contributed by atoms with E-state index in [9.17, 15) is 0 Å². The van der Waals surface area contributed by atoms with Crippen LogP contribution in [-0.4, -0.2) is 0 Å². The average Bonchev–Trinajstić information content (AvgIpc) is 2.42. The van der Waals surface area contributed by atoms with Crippen molar-refractivity contribution in [2.75, 3.05) is 0 Å². The highest BCUT2D eigenvalue weighted by Gasteiger charge is 2.03. The van der Waals surface area contributed by atoms with Crippen molar-refractivity contribution < 1.29 is 0 Å². The van der Waals surface area contributed by atoms with Crippen molar-refractivity contribution in [3.8, 4) is 0 Å². The minimum absolute atomic E-state index is 0.573. The van der Waals surface area contributed by atoms with Crippen LogP contribution >= 0.6 is 11.6 Å². The Morgan fingerprint density at radius 1 is 0.900 bits per heavy atom. The molecule has 0 saturated carbocycles. The molecule has 106 valence electrons. The number of hydrogen-bond acceptors (Lipinski definition) is 1. The third-order valence-electron chi connectivity index (χ3n) is 3.62. The maximum absolute atomic E-state index is 5.86. The lowest BCUT2D eigenvalue weighted by Gasteiger charge is -2.12. The lowest BCUT2D eigenvalue weighted by Crippen LogP contribution is -2.14. The number of rotatable bonds is 5. The molecular formula is C18H22ClN. The maximum atomic E-state index is 5.86. The van der Waals surface area contributed by atoms with Gasteiger partial charge in [0.05, 0.1) is 0 Å². The smallest absolute Gasteiger partial charge is 0.0474 e. The van der Waals surface area contributed by atoms with Gasteiger partial charge in [-0.15, -0.1) is 11.6 Å². The van der Waals surface area contributed by atoms with E-state index in [1.54, 1.807) is 0 Å². The second-order valence-corrected chi connectivity index (χ2v) is 5.70. The standard InChI is InChI=1S/C18H22ClN/c1-13-7-14(2)18(15(3)8-13)12-20-11-17-6-4-5-16(9-17)10-19/h4-9,20H,10-12H2,1-3H3. The molecule has 0 unspecified atom stereocenters. The summed E-state index contributed by atoms with van der Waals surface area (Å²) < 4.78 is 0. The minimum Gasteiger partial charge on any atom is -0.309 e. The van der Waals surface area contributed by atoms with Crippen molar-refractivity contribution in [2.24, 2.45) is 0 Å². The van der Waals surface area contributed by atoms with E-state index in [1.165, 1.54) is 33.4 Å². The van der Waals surface area contributed by atoms with E-state index < -0.39 is 0 Å². The van der Waals surface area contributed by atoms with Crippen LogP contribution in [0.2, 0.25) is 0 Å². The third-order valence-corrected chi connectivity index (χ3v) is 3.93. The lowest BCUT2D eigenvalue weighted by atomic mass is 10.00. The molecule has 1 nitrogen and oxygen atoms in total. The summed E-state index contributed by atoms with van der Waals surface area (Å²) in [5.74, 6) is 0.573. The molecule has 0 aliphatic carbocycles.